The third-order valence-corrected chi connectivity index (χ3v) is 2.95. The Morgan fingerprint density at radius 1 is 1.27 bits per heavy atom. The van der Waals surface area contributed by atoms with Crippen LogP contribution >= 0.6 is 11.3 Å². The molecule has 0 spiro atoms. The predicted molar refractivity (Wildman–Crippen MR) is 63.7 cm³/mol. The first-order valence-corrected chi connectivity index (χ1v) is 5.54. The minimum absolute atomic E-state index is 0.916. The Morgan fingerprint density at radius 2 is 2.20 bits per heavy atom. The molecule has 0 aliphatic carbocycles. The molecule has 0 atom stereocenters. The van der Waals surface area contributed by atoms with Gasteiger partial charge in [0.05, 0.1) is 5.69 Å². The van der Waals surface area contributed by atoms with Gasteiger partial charge in [-0.15, -0.1) is 11.3 Å². The maximum absolute atomic E-state index is 4.19. The third-order valence-electron chi connectivity index (χ3n) is 2.26. The molecule has 0 aliphatic rings. The van der Waals surface area contributed by atoms with Crippen molar-refractivity contribution < 1.29 is 0 Å². The van der Waals surface area contributed by atoms with Crippen molar-refractivity contribution in [3.63, 3.8) is 0 Å². The van der Waals surface area contributed by atoms with Crippen LogP contribution in [0.2, 0.25) is 0 Å². The Balaban J connectivity index is 2.05. The Hall–Kier alpha value is -1.81. The van der Waals surface area contributed by atoms with Crippen LogP contribution in [-0.2, 0) is 0 Å². The summed E-state index contributed by atoms with van der Waals surface area (Å²) >= 11 is 1.59. The fraction of sp³-hybridized carbons (Fsp3) is 0. The van der Waals surface area contributed by atoms with Crippen molar-refractivity contribution in [3.8, 4) is 0 Å². The number of hydrogen-bond donors (Lipinski definition) is 2. The van der Waals surface area contributed by atoms with Crippen LogP contribution in [0, 0.1) is 0 Å². The van der Waals surface area contributed by atoms with Crippen LogP contribution in [0.25, 0.3) is 10.9 Å². The number of fused-ring (bicyclic) bond motifs is 1. The molecule has 2 N–H and O–H groups in total. The molecule has 0 bridgehead atoms. The van der Waals surface area contributed by atoms with E-state index >= 15 is 0 Å². The molecule has 0 aliphatic heterocycles. The second-order valence-electron chi connectivity index (χ2n) is 3.21. The average molecular weight is 215 g/mol. The lowest BCUT2D eigenvalue weighted by Crippen LogP contribution is -1.86. The number of aromatic nitrogens is 2. The van der Waals surface area contributed by atoms with Gasteiger partial charge >= 0.3 is 0 Å². The van der Waals surface area contributed by atoms with Gasteiger partial charge in [-0.05, 0) is 6.07 Å². The van der Waals surface area contributed by atoms with Crippen LogP contribution in [0.15, 0.2) is 42.0 Å². The molecule has 4 heteroatoms. The molecule has 3 aromatic rings. The van der Waals surface area contributed by atoms with Gasteiger partial charge in [0.15, 0.2) is 5.13 Å². The summed E-state index contributed by atoms with van der Waals surface area (Å²) < 4.78 is 0. The summed E-state index contributed by atoms with van der Waals surface area (Å²) in [4.78, 5) is 7.41. The molecule has 3 rings (SSSR count). The summed E-state index contributed by atoms with van der Waals surface area (Å²) in [6.07, 6.45) is 3.76. The first kappa shape index (κ1) is 8.49. The standard InChI is InChI=1S/C11H9N3S/c1-2-4-9-8(3-1)10(7-13-9)14-11-12-5-6-15-11/h1-7,13H,(H,12,14). The van der Waals surface area contributed by atoms with Crippen LogP contribution in [0.4, 0.5) is 10.8 Å². The highest BCUT2D eigenvalue weighted by molar-refractivity contribution is 7.13. The third kappa shape index (κ3) is 1.49. The van der Waals surface area contributed by atoms with Gasteiger partial charge in [0.2, 0.25) is 0 Å². The topological polar surface area (TPSA) is 40.7 Å². The summed E-state index contributed by atoms with van der Waals surface area (Å²) in [5.74, 6) is 0. The molecule has 74 valence electrons. The zero-order chi connectivity index (χ0) is 10.1. The lowest BCUT2D eigenvalue weighted by molar-refractivity contribution is 1.39. The quantitative estimate of drug-likeness (QED) is 0.688. The van der Waals surface area contributed by atoms with Crippen molar-refractivity contribution in [2.75, 3.05) is 5.32 Å². The van der Waals surface area contributed by atoms with E-state index in [2.05, 4.69) is 27.4 Å². The number of benzene rings is 1. The number of H-pyrrole nitrogens is 1. The zero-order valence-electron chi connectivity index (χ0n) is 7.90. The normalized spacial score (nSPS) is 10.7. The highest BCUT2D eigenvalue weighted by Crippen LogP contribution is 2.26. The zero-order valence-corrected chi connectivity index (χ0v) is 8.71. The van der Waals surface area contributed by atoms with E-state index in [1.54, 1.807) is 17.5 Å². The summed E-state index contributed by atoms with van der Waals surface area (Å²) in [6, 6.07) is 8.19. The SMILES string of the molecule is c1ccc2c(Nc3nccs3)c[nH]c2c1. The van der Waals surface area contributed by atoms with E-state index < -0.39 is 0 Å². The van der Waals surface area contributed by atoms with Crippen molar-refractivity contribution in [1.82, 2.24) is 9.97 Å². The fourth-order valence-electron chi connectivity index (χ4n) is 1.58. The second kappa shape index (κ2) is 3.40. The average Bonchev–Trinajstić information content (AvgIpc) is 2.89. The number of rotatable bonds is 2. The molecular formula is C11H9N3S. The summed E-state index contributed by atoms with van der Waals surface area (Å²) in [5.41, 5.74) is 2.21. The smallest absolute Gasteiger partial charge is 0.187 e. The maximum Gasteiger partial charge on any atom is 0.187 e. The van der Waals surface area contributed by atoms with Gasteiger partial charge in [0.1, 0.15) is 0 Å². The molecule has 0 radical (unpaired) electrons. The van der Waals surface area contributed by atoms with Crippen LogP contribution in [0.5, 0.6) is 0 Å². The van der Waals surface area contributed by atoms with E-state index in [0.29, 0.717) is 0 Å². The minimum Gasteiger partial charge on any atom is -0.359 e. The van der Waals surface area contributed by atoms with E-state index in [9.17, 15) is 0 Å². The Kier molecular flexibility index (Phi) is 1.93. The van der Waals surface area contributed by atoms with Crippen LogP contribution in [0.1, 0.15) is 0 Å². The van der Waals surface area contributed by atoms with Crippen molar-refractivity contribution in [3.05, 3.63) is 42.0 Å². The summed E-state index contributed by atoms with van der Waals surface area (Å²) in [6.45, 7) is 0. The Labute approximate surface area is 90.8 Å². The van der Waals surface area contributed by atoms with Crippen molar-refractivity contribution >= 4 is 33.1 Å². The highest BCUT2D eigenvalue weighted by atomic mass is 32.1. The number of thiazole rings is 1. The van der Waals surface area contributed by atoms with Gasteiger partial charge in [-0.3, -0.25) is 0 Å². The molecule has 3 nitrogen and oxygen atoms in total. The van der Waals surface area contributed by atoms with Crippen LogP contribution < -0.4 is 5.32 Å². The van der Waals surface area contributed by atoms with Gasteiger partial charge in [-0.2, -0.15) is 0 Å². The number of para-hydroxylation sites is 1. The summed E-state index contributed by atoms with van der Waals surface area (Å²) in [5, 5.41) is 7.34. The molecule has 2 aromatic heterocycles. The number of nitrogens with zero attached hydrogens (tertiary/aromatic N) is 1. The van der Waals surface area contributed by atoms with Gasteiger partial charge in [-0.25, -0.2) is 4.98 Å². The molecule has 0 fully saturated rings. The van der Waals surface area contributed by atoms with E-state index in [1.807, 2.05) is 23.7 Å². The number of aromatic amines is 1. The lowest BCUT2D eigenvalue weighted by Gasteiger charge is -1.98. The monoisotopic (exact) mass is 215 g/mol. The Morgan fingerprint density at radius 3 is 3.07 bits per heavy atom. The number of anilines is 2. The predicted octanol–water partition coefficient (Wildman–Crippen LogP) is 3.37. The molecule has 0 amide bonds. The molecule has 15 heavy (non-hydrogen) atoms. The van der Waals surface area contributed by atoms with Crippen molar-refractivity contribution in [2.24, 2.45) is 0 Å². The maximum atomic E-state index is 4.19. The molecule has 0 saturated carbocycles. The Bertz CT molecular complexity index is 568. The van der Waals surface area contributed by atoms with Gasteiger partial charge in [0, 0.05) is 28.7 Å². The van der Waals surface area contributed by atoms with Gasteiger partial charge in [-0.1, -0.05) is 18.2 Å². The van der Waals surface area contributed by atoms with Crippen molar-refractivity contribution in [1.29, 1.82) is 0 Å². The van der Waals surface area contributed by atoms with Gasteiger partial charge < -0.3 is 10.3 Å². The number of nitrogens with one attached hydrogen (secondary N) is 2. The lowest BCUT2D eigenvalue weighted by atomic mass is 10.2. The highest BCUT2D eigenvalue weighted by Gasteiger charge is 2.03. The molecule has 0 unspecified atom stereocenters. The summed E-state index contributed by atoms with van der Waals surface area (Å²) in [7, 11) is 0. The minimum atomic E-state index is 0.916. The molecule has 0 saturated heterocycles. The van der Waals surface area contributed by atoms with E-state index in [4.69, 9.17) is 0 Å². The van der Waals surface area contributed by atoms with Crippen LogP contribution in [0.3, 0.4) is 0 Å². The van der Waals surface area contributed by atoms with Crippen LogP contribution in [-0.4, -0.2) is 9.97 Å². The fourth-order valence-corrected chi connectivity index (χ4v) is 2.12. The van der Waals surface area contributed by atoms with Gasteiger partial charge in [0.25, 0.3) is 0 Å². The first-order valence-electron chi connectivity index (χ1n) is 4.66. The number of hydrogen-bond acceptors (Lipinski definition) is 3. The largest absolute Gasteiger partial charge is 0.359 e. The van der Waals surface area contributed by atoms with E-state index in [-0.39, 0.29) is 0 Å². The van der Waals surface area contributed by atoms with E-state index in [0.717, 1.165) is 16.3 Å². The molecule has 1 aromatic carbocycles. The van der Waals surface area contributed by atoms with Crippen molar-refractivity contribution in [2.45, 2.75) is 0 Å². The molecular weight excluding hydrogens is 206 g/mol. The second-order valence-corrected chi connectivity index (χ2v) is 4.10. The van der Waals surface area contributed by atoms with E-state index in [1.165, 1.54) is 5.39 Å². The molecule has 2 heterocycles. The first-order chi connectivity index (χ1) is 7.43.